The van der Waals surface area contributed by atoms with E-state index >= 15 is 0 Å². The molecule has 1 unspecified atom stereocenters. The second-order valence-electron chi connectivity index (χ2n) is 4.16. The van der Waals surface area contributed by atoms with Gasteiger partial charge < -0.3 is 10.2 Å². The zero-order chi connectivity index (χ0) is 12.3. The van der Waals surface area contributed by atoms with Gasteiger partial charge in [0.2, 0.25) is 5.91 Å². The smallest absolute Gasteiger partial charge is 0.244 e. The zero-order valence-corrected chi connectivity index (χ0v) is 11.2. The summed E-state index contributed by atoms with van der Waals surface area (Å²) in [7, 11) is 0. The molecule has 0 radical (unpaired) electrons. The van der Waals surface area contributed by atoms with E-state index in [0.29, 0.717) is 11.0 Å². The highest BCUT2D eigenvalue weighted by Gasteiger charge is 2.23. The van der Waals surface area contributed by atoms with Crippen molar-refractivity contribution >= 4 is 35.1 Å². The van der Waals surface area contributed by atoms with E-state index in [0.717, 1.165) is 37.7 Å². The van der Waals surface area contributed by atoms with Gasteiger partial charge in [-0.2, -0.15) is 8.75 Å². The third-order valence-electron chi connectivity index (χ3n) is 2.84. The SMILES string of the molecule is CC(Nc1nsnc1Cl)C(=O)N1CCCCC1. The fourth-order valence-corrected chi connectivity index (χ4v) is 2.58. The van der Waals surface area contributed by atoms with E-state index in [4.69, 9.17) is 11.6 Å². The number of anilines is 1. The van der Waals surface area contributed by atoms with Gasteiger partial charge in [-0.15, -0.1) is 0 Å². The minimum atomic E-state index is -0.311. The van der Waals surface area contributed by atoms with Gasteiger partial charge in [-0.3, -0.25) is 4.79 Å². The van der Waals surface area contributed by atoms with Crippen LogP contribution in [0.15, 0.2) is 0 Å². The van der Waals surface area contributed by atoms with Gasteiger partial charge in [0, 0.05) is 13.1 Å². The second kappa shape index (κ2) is 5.64. The van der Waals surface area contributed by atoms with Gasteiger partial charge in [-0.05, 0) is 26.2 Å². The highest BCUT2D eigenvalue weighted by molar-refractivity contribution is 6.99. The maximum absolute atomic E-state index is 12.1. The average molecular weight is 275 g/mol. The largest absolute Gasteiger partial charge is 0.355 e. The van der Waals surface area contributed by atoms with Gasteiger partial charge in [0.05, 0.1) is 11.7 Å². The number of carbonyl (C=O) groups excluding carboxylic acids is 1. The molecule has 5 nitrogen and oxygen atoms in total. The number of hydrogen-bond donors (Lipinski definition) is 1. The number of aromatic nitrogens is 2. The van der Waals surface area contributed by atoms with Gasteiger partial charge in [0.1, 0.15) is 6.04 Å². The Kier molecular flexibility index (Phi) is 4.17. The molecule has 1 N–H and O–H groups in total. The average Bonchev–Trinajstić information content (AvgIpc) is 2.75. The van der Waals surface area contributed by atoms with Crippen molar-refractivity contribution in [3.63, 3.8) is 0 Å². The van der Waals surface area contributed by atoms with Gasteiger partial charge in [-0.25, -0.2) is 0 Å². The first-order valence-corrected chi connectivity index (χ1v) is 6.82. The first-order chi connectivity index (χ1) is 8.18. The molecule has 2 rings (SSSR count). The number of piperidine rings is 1. The van der Waals surface area contributed by atoms with Crippen LogP contribution in [0, 0.1) is 0 Å². The van der Waals surface area contributed by atoms with Crippen LogP contribution >= 0.6 is 23.3 Å². The van der Waals surface area contributed by atoms with E-state index in [1.54, 1.807) is 0 Å². The van der Waals surface area contributed by atoms with Gasteiger partial charge >= 0.3 is 0 Å². The molecule has 0 bridgehead atoms. The molecule has 1 aliphatic rings. The molecular weight excluding hydrogens is 260 g/mol. The molecule has 7 heteroatoms. The Bertz CT molecular complexity index is 391. The van der Waals surface area contributed by atoms with E-state index in [9.17, 15) is 4.79 Å². The predicted molar refractivity (Wildman–Crippen MR) is 68.4 cm³/mol. The minimum absolute atomic E-state index is 0.105. The van der Waals surface area contributed by atoms with Crippen molar-refractivity contribution in [1.82, 2.24) is 13.6 Å². The Morgan fingerprint density at radius 1 is 1.41 bits per heavy atom. The molecule has 1 saturated heterocycles. The summed E-state index contributed by atoms with van der Waals surface area (Å²) in [5.41, 5.74) is 0. The van der Waals surface area contributed by atoms with E-state index < -0.39 is 0 Å². The first kappa shape index (κ1) is 12.6. The highest BCUT2D eigenvalue weighted by Crippen LogP contribution is 2.19. The van der Waals surface area contributed by atoms with Crippen LogP contribution in [-0.2, 0) is 4.79 Å². The number of halogens is 1. The van der Waals surface area contributed by atoms with Crippen LogP contribution in [0.25, 0.3) is 0 Å². The monoisotopic (exact) mass is 274 g/mol. The Morgan fingerprint density at radius 2 is 2.12 bits per heavy atom. The lowest BCUT2D eigenvalue weighted by Crippen LogP contribution is -2.43. The summed E-state index contributed by atoms with van der Waals surface area (Å²) in [6, 6.07) is -0.311. The van der Waals surface area contributed by atoms with Crippen LogP contribution in [0.1, 0.15) is 26.2 Å². The summed E-state index contributed by atoms with van der Waals surface area (Å²) >= 11 is 6.86. The molecule has 1 amide bonds. The number of nitrogens with one attached hydrogen (secondary N) is 1. The maximum atomic E-state index is 12.1. The molecule has 1 aliphatic heterocycles. The van der Waals surface area contributed by atoms with Crippen molar-refractivity contribution in [3.8, 4) is 0 Å². The fourth-order valence-electron chi connectivity index (χ4n) is 1.92. The molecule has 1 fully saturated rings. The predicted octanol–water partition coefficient (Wildman–Crippen LogP) is 2.00. The molecule has 1 atom stereocenters. The van der Waals surface area contributed by atoms with E-state index in [1.165, 1.54) is 6.42 Å². The zero-order valence-electron chi connectivity index (χ0n) is 9.65. The summed E-state index contributed by atoms with van der Waals surface area (Å²) in [6.45, 7) is 3.54. The lowest BCUT2D eigenvalue weighted by molar-refractivity contribution is -0.132. The molecule has 0 aliphatic carbocycles. The third kappa shape index (κ3) is 3.07. The molecule has 1 aromatic rings. The lowest BCUT2D eigenvalue weighted by atomic mass is 10.1. The van der Waals surface area contributed by atoms with Crippen LogP contribution < -0.4 is 5.32 Å². The second-order valence-corrected chi connectivity index (χ2v) is 5.04. The summed E-state index contributed by atoms with van der Waals surface area (Å²) in [6.07, 6.45) is 3.41. The van der Waals surface area contributed by atoms with Crippen molar-refractivity contribution in [1.29, 1.82) is 0 Å². The number of rotatable bonds is 3. The Balaban J connectivity index is 1.93. The fraction of sp³-hybridized carbons (Fsp3) is 0.700. The van der Waals surface area contributed by atoms with E-state index in [-0.39, 0.29) is 11.9 Å². The van der Waals surface area contributed by atoms with Gasteiger partial charge in [0.25, 0.3) is 0 Å². The number of likely N-dealkylation sites (tertiary alicyclic amines) is 1. The van der Waals surface area contributed by atoms with Crippen LogP contribution in [0.5, 0.6) is 0 Å². The summed E-state index contributed by atoms with van der Waals surface area (Å²) < 4.78 is 7.85. The van der Waals surface area contributed by atoms with Gasteiger partial charge in [0.15, 0.2) is 11.0 Å². The van der Waals surface area contributed by atoms with Crippen molar-refractivity contribution in [2.75, 3.05) is 18.4 Å². The first-order valence-electron chi connectivity index (χ1n) is 5.72. The quantitative estimate of drug-likeness (QED) is 0.916. The van der Waals surface area contributed by atoms with Crippen LogP contribution in [-0.4, -0.2) is 38.7 Å². The highest BCUT2D eigenvalue weighted by atomic mass is 35.5. The molecular formula is C10H15ClN4OS. The van der Waals surface area contributed by atoms with E-state index in [2.05, 4.69) is 14.1 Å². The molecule has 94 valence electrons. The van der Waals surface area contributed by atoms with Gasteiger partial charge in [-0.1, -0.05) is 11.6 Å². The van der Waals surface area contributed by atoms with Crippen LogP contribution in [0.4, 0.5) is 5.82 Å². The molecule has 0 spiro atoms. The van der Waals surface area contributed by atoms with Crippen molar-refractivity contribution < 1.29 is 4.79 Å². The summed E-state index contributed by atoms with van der Waals surface area (Å²) in [5, 5.41) is 3.33. The number of hydrogen-bond acceptors (Lipinski definition) is 5. The molecule has 0 aromatic carbocycles. The minimum Gasteiger partial charge on any atom is -0.355 e. The molecule has 2 heterocycles. The summed E-state index contributed by atoms with van der Waals surface area (Å²) in [4.78, 5) is 14.0. The lowest BCUT2D eigenvalue weighted by Gasteiger charge is -2.29. The van der Waals surface area contributed by atoms with Crippen LogP contribution in [0.2, 0.25) is 5.15 Å². The normalized spacial score (nSPS) is 17.9. The van der Waals surface area contributed by atoms with E-state index in [1.807, 2.05) is 11.8 Å². The Hall–Kier alpha value is -0.880. The maximum Gasteiger partial charge on any atom is 0.244 e. The molecule has 17 heavy (non-hydrogen) atoms. The standard InChI is InChI=1S/C10H15ClN4OS/c1-7(12-9-8(11)13-17-14-9)10(16)15-5-3-2-4-6-15/h7H,2-6H2,1H3,(H,12,14). The number of amides is 1. The Labute approximate surface area is 109 Å². The number of carbonyl (C=O) groups is 1. The topological polar surface area (TPSA) is 58.1 Å². The van der Waals surface area contributed by atoms with Crippen molar-refractivity contribution in [2.24, 2.45) is 0 Å². The molecule has 1 aromatic heterocycles. The van der Waals surface area contributed by atoms with Crippen molar-refractivity contribution in [3.05, 3.63) is 5.15 Å². The third-order valence-corrected chi connectivity index (χ3v) is 3.73. The van der Waals surface area contributed by atoms with Crippen molar-refractivity contribution in [2.45, 2.75) is 32.2 Å². The molecule has 0 saturated carbocycles. The van der Waals surface area contributed by atoms with Crippen LogP contribution in [0.3, 0.4) is 0 Å². The Morgan fingerprint density at radius 3 is 2.71 bits per heavy atom. The number of nitrogens with zero attached hydrogens (tertiary/aromatic N) is 3. The summed E-state index contributed by atoms with van der Waals surface area (Å²) in [5.74, 6) is 0.600.